The molecule has 5 nitrogen and oxygen atoms in total. The third kappa shape index (κ3) is 7.93. The standard InChI is InChI=1S/C10H18O5/c1-3-4-5-10(13)15-9(6-11)7-14-8(2)12/h9,11H,3-7H2,1-2H3. The van der Waals surface area contributed by atoms with Gasteiger partial charge in [-0.25, -0.2) is 0 Å². The Hall–Kier alpha value is -1.10. The number of carbonyl (C=O) groups excluding carboxylic acids is 2. The van der Waals surface area contributed by atoms with Crippen LogP contribution < -0.4 is 0 Å². The van der Waals surface area contributed by atoms with Gasteiger partial charge in [0.1, 0.15) is 6.61 Å². The van der Waals surface area contributed by atoms with Gasteiger partial charge in [-0.05, 0) is 6.42 Å². The Morgan fingerprint density at radius 2 is 2.07 bits per heavy atom. The van der Waals surface area contributed by atoms with E-state index in [0.717, 1.165) is 12.8 Å². The first kappa shape index (κ1) is 13.9. The zero-order chi connectivity index (χ0) is 11.7. The molecule has 88 valence electrons. The number of unbranched alkanes of at least 4 members (excludes halogenated alkanes) is 1. The van der Waals surface area contributed by atoms with Gasteiger partial charge in [0.05, 0.1) is 6.61 Å². The molecule has 5 heteroatoms. The fraction of sp³-hybridized carbons (Fsp3) is 0.800. The molecule has 0 aliphatic heterocycles. The van der Waals surface area contributed by atoms with Crippen LogP contribution in [0.25, 0.3) is 0 Å². The number of aliphatic hydroxyl groups excluding tert-OH is 1. The maximum absolute atomic E-state index is 11.1. The molecule has 0 saturated carbocycles. The van der Waals surface area contributed by atoms with Gasteiger partial charge in [0.25, 0.3) is 0 Å². The molecule has 0 aromatic carbocycles. The van der Waals surface area contributed by atoms with Gasteiger partial charge in [0, 0.05) is 13.3 Å². The highest BCUT2D eigenvalue weighted by Gasteiger charge is 2.14. The van der Waals surface area contributed by atoms with Crippen LogP contribution in [-0.4, -0.2) is 36.4 Å². The Morgan fingerprint density at radius 1 is 1.40 bits per heavy atom. The van der Waals surface area contributed by atoms with Crippen LogP contribution in [0.3, 0.4) is 0 Å². The van der Waals surface area contributed by atoms with E-state index >= 15 is 0 Å². The lowest BCUT2D eigenvalue weighted by atomic mass is 10.2. The van der Waals surface area contributed by atoms with E-state index in [1.165, 1.54) is 6.92 Å². The molecule has 1 N–H and O–H groups in total. The van der Waals surface area contributed by atoms with Gasteiger partial charge in [-0.3, -0.25) is 9.59 Å². The third-order valence-electron chi connectivity index (χ3n) is 1.71. The zero-order valence-electron chi connectivity index (χ0n) is 9.19. The van der Waals surface area contributed by atoms with Gasteiger partial charge in [-0.15, -0.1) is 0 Å². The number of hydrogen-bond donors (Lipinski definition) is 1. The Bertz CT molecular complexity index is 202. The minimum absolute atomic E-state index is 0.0936. The van der Waals surface area contributed by atoms with Crippen LogP contribution >= 0.6 is 0 Å². The van der Waals surface area contributed by atoms with Crippen molar-refractivity contribution in [2.75, 3.05) is 13.2 Å². The number of hydrogen-bond acceptors (Lipinski definition) is 5. The molecule has 0 aromatic heterocycles. The van der Waals surface area contributed by atoms with Crippen molar-refractivity contribution in [3.8, 4) is 0 Å². The van der Waals surface area contributed by atoms with Crippen molar-refractivity contribution in [2.45, 2.75) is 39.2 Å². The monoisotopic (exact) mass is 218 g/mol. The molecule has 0 heterocycles. The smallest absolute Gasteiger partial charge is 0.306 e. The van der Waals surface area contributed by atoms with Crippen molar-refractivity contribution < 1.29 is 24.2 Å². The topological polar surface area (TPSA) is 72.8 Å². The van der Waals surface area contributed by atoms with Gasteiger partial charge >= 0.3 is 11.9 Å². The molecule has 0 fully saturated rings. The second kappa shape index (κ2) is 8.23. The second-order valence-corrected chi connectivity index (χ2v) is 3.20. The summed E-state index contributed by atoms with van der Waals surface area (Å²) in [5, 5.41) is 8.84. The molecule has 0 aromatic rings. The van der Waals surface area contributed by atoms with Crippen molar-refractivity contribution >= 4 is 11.9 Å². The largest absolute Gasteiger partial charge is 0.462 e. The molecule has 1 atom stereocenters. The SMILES string of the molecule is CCCCC(=O)OC(CO)COC(C)=O. The summed E-state index contributed by atoms with van der Waals surface area (Å²) in [6.07, 6.45) is 1.23. The van der Waals surface area contributed by atoms with Crippen molar-refractivity contribution in [2.24, 2.45) is 0 Å². The number of rotatable bonds is 7. The van der Waals surface area contributed by atoms with Gasteiger partial charge in [-0.2, -0.15) is 0 Å². The molecule has 0 radical (unpaired) electrons. The lowest BCUT2D eigenvalue weighted by molar-refractivity contribution is -0.160. The normalized spacial score (nSPS) is 11.9. The molecule has 0 amide bonds. The Kier molecular flexibility index (Phi) is 7.62. The highest BCUT2D eigenvalue weighted by atomic mass is 16.6. The zero-order valence-corrected chi connectivity index (χ0v) is 9.19. The third-order valence-corrected chi connectivity index (χ3v) is 1.71. The van der Waals surface area contributed by atoms with Crippen LogP contribution in [0.2, 0.25) is 0 Å². The minimum Gasteiger partial charge on any atom is -0.462 e. The van der Waals surface area contributed by atoms with Crippen molar-refractivity contribution in [1.29, 1.82) is 0 Å². The summed E-state index contributed by atoms with van der Waals surface area (Å²) in [7, 11) is 0. The van der Waals surface area contributed by atoms with E-state index in [0.29, 0.717) is 6.42 Å². The first-order chi connectivity index (χ1) is 7.10. The van der Waals surface area contributed by atoms with Gasteiger partial charge < -0.3 is 14.6 Å². The average Bonchev–Trinajstić information content (AvgIpc) is 2.20. The van der Waals surface area contributed by atoms with Crippen LogP contribution in [-0.2, 0) is 19.1 Å². The molecule has 0 spiro atoms. The Labute approximate surface area is 89.4 Å². The Balaban J connectivity index is 3.77. The van der Waals surface area contributed by atoms with Crippen LogP contribution in [0.5, 0.6) is 0 Å². The van der Waals surface area contributed by atoms with E-state index in [-0.39, 0.29) is 19.2 Å². The molecule has 0 aliphatic rings. The lowest BCUT2D eigenvalue weighted by Crippen LogP contribution is -2.28. The summed E-state index contributed by atoms with van der Waals surface area (Å²) in [6, 6.07) is 0. The van der Waals surface area contributed by atoms with Crippen LogP contribution in [0.15, 0.2) is 0 Å². The van der Waals surface area contributed by atoms with Gasteiger partial charge in [-0.1, -0.05) is 13.3 Å². The van der Waals surface area contributed by atoms with E-state index in [1.807, 2.05) is 6.92 Å². The summed E-state index contributed by atoms with van der Waals surface area (Å²) in [6.45, 7) is 2.79. The van der Waals surface area contributed by atoms with Crippen molar-refractivity contribution in [1.82, 2.24) is 0 Å². The molecular weight excluding hydrogens is 200 g/mol. The van der Waals surface area contributed by atoms with E-state index in [4.69, 9.17) is 9.84 Å². The summed E-state index contributed by atoms with van der Waals surface area (Å²) in [5.41, 5.74) is 0. The van der Waals surface area contributed by atoms with Crippen LogP contribution in [0.1, 0.15) is 33.1 Å². The highest BCUT2D eigenvalue weighted by Crippen LogP contribution is 2.01. The summed E-state index contributed by atoms with van der Waals surface area (Å²) in [5.74, 6) is -0.832. The maximum Gasteiger partial charge on any atom is 0.306 e. The van der Waals surface area contributed by atoms with Gasteiger partial charge in [0.15, 0.2) is 6.10 Å². The fourth-order valence-electron chi connectivity index (χ4n) is 0.900. The molecule has 15 heavy (non-hydrogen) atoms. The quantitative estimate of drug-likeness (QED) is 0.635. The molecule has 0 rings (SSSR count). The number of esters is 2. The van der Waals surface area contributed by atoms with E-state index in [9.17, 15) is 9.59 Å². The van der Waals surface area contributed by atoms with Crippen molar-refractivity contribution in [3.05, 3.63) is 0 Å². The van der Waals surface area contributed by atoms with E-state index < -0.39 is 12.1 Å². The predicted octanol–water partition coefficient (Wildman–Crippen LogP) is 0.644. The molecule has 0 aliphatic carbocycles. The van der Waals surface area contributed by atoms with Crippen LogP contribution in [0.4, 0.5) is 0 Å². The first-order valence-electron chi connectivity index (χ1n) is 5.03. The number of aliphatic hydroxyl groups is 1. The van der Waals surface area contributed by atoms with Crippen molar-refractivity contribution in [3.63, 3.8) is 0 Å². The van der Waals surface area contributed by atoms with Gasteiger partial charge in [0.2, 0.25) is 0 Å². The molecule has 0 saturated heterocycles. The molecular formula is C10H18O5. The molecule has 1 unspecified atom stereocenters. The maximum atomic E-state index is 11.1. The minimum atomic E-state index is -0.752. The average molecular weight is 218 g/mol. The highest BCUT2D eigenvalue weighted by molar-refractivity contribution is 5.69. The van der Waals surface area contributed by atoms with E-state index in [1.54, 1.807) is 0 Å². The predicted molar refractivity (Wildman–Crippen MR) is 53.1 cm³/mol. The summed E-state index contributed by atoms with van der Waals surface area (Å²) in [4.78, 5) is 21.6. The Morgan fingerprint density at radius 3 is 2.53 bits per heavy atom. The molecule has 0 bridgehead atoms. The van der Waals surface area contributed by atoms with Crippen LogP contribution in [0, 0.1) is 0 Å². The number of ether oxygens (including phenoxy) is 2. The summed E-state index contributed by atoms with van der Waals surface area (Å²) < 4.78 is 9.51. The fourth-order valence-corrected chi connectivity index (χ4v) is 0.900. The summed E-state index contributed by atoms with van der Waals surface area (Å²) >= 11 is 0. The second-order valence-electron chi connectivity index (χ2n) is 3.20. The first-order valence-corrected chi connectivity index (χ1v) is 5.03. The van der Waals surface area contributed by atoms with E-state index in [2.05, 4.69) is 4.74 Å². The lowest BCUT2D eigenvalue weighted by Gasteiger charge is -2.14. The number of carbonyl (C=O) groups is 2.